The Balaban J connectivity index is 1.82. The predicted molar refractivity (Wildman–Crippen MR) is 111 cm³/mol. The average Bonchev–Trinajstić information content (AvgIpc) is 2.71. The fourth-order valence-corrected chi connectivity index (χ4v) is 5.14. The third-order valence-corrected chi connectivity index (χ3v) is 7.01. The molecule has 9 heteroatoms. The van der Waals surface area contributed by atoms with E-state index in [1.165, 1.54) is 37.4 Å². The molecule has 0 saturated heterocycles. The number of methoxy groups -OCH3 is 1. The fraction of sp³-hybridized carbons (Fsp3) is 0.333. The molecule has 0 radical (unpaired) electrons. The van der Waals surface area contributed by atoms with Gasteiger partial charge in [-0.15, -0.1) is 0 Å². The third-order valence-electron chi connectivity index (χ3n) is 5.22. The molecule has 160 valence electrons. The molecule has 30 heavy (non-hydrogen) atoms. The molecule has 0 bridgehead atoms. The standard InChI is InChI=1S/C21H22ClNO6S/c1-29-20(24)11-10-18-17-9-5-15(12-13(17)2-8-19(18)21(25)26)23-30(27,28)16-6-3-14(22)4-7-16/h2-4,6-8,15,23H,5,9-12H2,1H3,(H,25,26). The Morgan fingerprint density at radius 3 is 2.53 bits per heavy atom. The number of carboxylic acids is 1. The minimum absolute atomic E-state index is 0.0832. The van der Waals surface area contributed by atoms with Crippen molar-refractivity contribution in [3.05, 3.63) is 63.7 Å². The molecule has 1 unspecified atom stereocenters. The summed E-state index contributed by atoms with van der Waals surface area (Å²) in [6.07, 6.45) is 1.82. The summed E-state index contributed by atoms with van der Waals surface area (Å²) in [5.41, 5.74) is 2.54. The van der Waals surface area contributed by atoms with Crippen LogP contribution in [-0.4, -0.2) is 38.6 Å². The van der Waals surface area contributed by atoms with E-state index >= 15 is 0 Å². The van der Waals surface area contributed by atoms with Gasteiger partial charge in [0, 0.05) is 17.5 Å². The van der Waals surface area contributed by atoms with Crippen LogP contribution in [0.15, 0.2) is 41.3 Å². The molecule has 7 nitrogen and oxygen atoms in total. The summed E-state index contributed by atoms with van der Waals surface area (Å²) in [4.78, 5) is 23.3. The van der Waals surface area contributed by atoms with Gasteiger partial charge in [0.15, 0.2) is 0 Å². The van der Waals surface area contributed by atoms with Gasteiger partial charge < -0.3 is 9.84 Å². The van der Waals surface area contributed by atoms with Crippen molar-refractivity contribution in [2.75, 3.05) is 7.11 Å². The lowest BCUT2D eigenvalue weighted by Gasteiger charge is -2.28. The number of carbonyl (C=O) groups excluding carboxylic acids is 1. The summed E-state index contributed by atoms with van der Waals surface area (Å²) in [6.45, 7) is 0. The van der Waals surface area contributed by atoms with Gasteiger partial charge in [-0.25, -0.2) is 17.9 Å². The summed E-state index contributed by atoms with van der Waals surface area (Å²) in [5, 5.41) is 9.98. The second kappa shape index (κ2) is 9.16. The van der Waals surface area contributed by atoms with E-state index < -0.39 is 22.0 Å². The van der Waals surface area contributed by atoms with Crippen molar-refractivity contribution in [2.45, 2.75) is 43.0 Å². The van der Waals surface area contributed by atoms with Gasteiger partial charge in [-0.05, 0) is 72.7 Å². The van der Waals surface area contributed by atoms with Gasteiger partial charge in [0.2, 0.25) is 10.0 Å². The summed E-state index contributed by atoms with van der Waals surface area (Å²) in [5.74, 6) is -1.46. The Bertz CT molecular complexity index is 1070. The maximum atomic E-state index is 12.7. The van der Waals surface area contributed by atoms with Gasteiger partial charge in [0.1, 0.15) is 0 Å². The molecule has 3 rings (SSSR count). The van der Waals surface area contributed by atoms with Gasteiger partial charge in [-0.2, -0.15) is 0 Å². The maximum Gasteiger partial charge on any atom is 0.335 e. The van der Waals surface area contributed by atoms with E-state index in [-0.39, 0.29) is 29.3 Å². The van der Waals surface area contributed by atoms with Crippen LogP contribution in [0.25, 0.3) is 0 Å². The van der Waals surface area contributed by atoms with Gasteiger partial charge >= 0.3 is 11.9 Å². The van der Waals surface area contributed by atoms with Crippen LogP contribution in [0.1, 0.15) is 39.9 Å². The highest BCUT2D eigenvalue weighted by Gasteiger charge is 2.27. The van der Waals surface area contributed by atoms with Crippen molar-refractivity contribution in [3.63, 3.8) is 0 Å². The van der Waals surface area contributed by atoms with Crippen LogP contribution in [0.4, 0.5) is 0 Å². The van der Waals surface area contributed by atoms with Gasteiger partial charge in [0.05, 0.1) is 17.6 Å². The molecule has 0 fully saturated rings. The van der Waals surface area contributed by atoms with Crippen LogP contribution in [-0.2, 0) is 38.8 Å². The number of ether oxygens (including phenoxy) is 1. The first kappa shape index (κ1) is 22.3. The average molecular weight is 452 g/mol. The van der Waals surface area contributed by atoms with Crippen molar-refractivity contribution < 1.29 is 27.9 Å². The first-order valence-corrected chi connectivity index (χ1v) is 11.3. The summed E-state index contributed by atoms with van der Waals surface area (Å²) in [7, 11) is -2.41. The lowest BCUT2D eigenvalue weighted by atomic mass is 9.82. The normalized spacial score (nSPS) is 16.0. The van der Waals surface area contributed by atoms with E-state index in [2.05, 4.69) is 9.46 Å². The molecule has 0 aliphatic heterocycles. The molecule has 0 aromatic heterocycles. The minimum atomic E-state index is -3.70. The molecule has 2 N–H and O–H groups in total. The second-order valence-electron chi connectivity index (χ2n) is 7.13. The van der Waals surface area contributed by atoms with Crippen molar-refractivity contribution >= 4 is 33.6 Å². The van der Waals surface area contributed by atoms with E-state index in [4.69, 9.17) is 11.6 Å². The molecule has 1 aliphatic carbocycles. The minimum Gasteiger partial charge on any atom is -0.478 e. The number of esters is 1. The highest BCUT2D eigenvalue weighted by molar-refractivity contribution is 7.89. The van der Waals surface area contributed by atoms with Crippen LogP contribution in [0.2, 0.25) is 5.02 Å². The van der Waals surface area contributed by atoms with Crippen molar-refractivity contribution in [3.8, 4) is 0 Å². The molecule has 0 saturated carbocycles. The lowest BCUT2D eigenvalue weighted by molar-refractivity contribution is -0.140. The Hall–Kier alpha value is -2.42. The van der Waals surface area contributed by atoms with Crippen LogP contribution < -0.4 is 4.72 Å². The van der Waals surface area contributed by atoms with Gasteiger partial charge in [-0.3, -0.25) is 4.79 Å². The zero-order chi connectivity index (χ0) is 21.9. The topological polar surface area (TPSA) is 110 Å². The number of rotatable bonds is 7. The molecule has 2 aromatic rings. The van der Waals surface area contributed by atoms with E-state index in [1.54, 1.807) is 6.07 Å². The molecule has 0 amide bonds. The van der Waals surface area contributed by atoms with Crippen LogP contribution >= 0.6 is 11.6 Å². The number of carboxylic acid groups (broad SMARTS) is 1. The monoisotopic (exact) mass is 451 g/mol. The molecular weight excluding hydrogens is 430 g/mol. The van der Waals surface area contributed by atoms with Crippen LogP contribution in [0.3, 0.4) is 0 Å². The highest BCUT2D eigenvalue weighted by atomic mass is 35.5. The summed E-state index contributed by atoms with van der Waals surface area (Å²) >= 11 is 5.83. The van der Waals surface area contributed by atoms with E-state index in [1.807, 2.05) is 0 Å². The SMILES string of the molecule is COC(=O)CCc1c(C(=O)O)ccc2c1CCC(NS(=O)(=O)c1ccc(Cl)cc1)C2. The maximum absolute atomic E-state index is 12.7. The van der Waals surface area contributed by atoms with Crippen molar-refractivity contribution in [2.24, 2.45) is 0 Å². The summed E-state index contributed by atoms with van der Waals surface area (Å²) < 4.78 is 32.7. The molecule has 1 atom stereocenters. The Labute approximate surface area is 180 Å². The summed E-state index contributed by atoms with van der Waals surface area (Å²) in [6, 6.07) is 8.87. The Morgan fingerprint density at radius 2 is 1.90 bits per heavy atom. The van der Waals surface area contributed by atoms with Crippen LogP contribution in [0.5, 0.6) is 0 Å². The zero-order valence-electron chi connectivity index (χ0n) is 16.4. The second-order valence-corrected chi connectivity index (χ2v) is 9.28. The number of aromatic carboxylic acids is 1. The van der Waals surface area contributed by atoms with Gasteiger partial charge in [-0.1, -0.05) is 17.7 Å². The predicted octanol–water partition coefficient (Wildman–Crippen LogP) is 2.98. The van der Waals surface area contributed by atoms with E-state index in [0.717, 1.165) is 11.1 Å². The third kappa shape index (κ3) is 5.00. The number of fused-ring (bicyclic) bond motifs is 1. The first-order valence-electron chi connectivity index (χ1n) is 9.43. The number of hydrogen-bond acceptors (Lipinski definition) is 5. The molecule has 0 spiro atoms. The van der Waals surface area contributed by atoms with Crippen LogP contribution in [0, 0.1) is 0 Å². The highest BCUT2D eigenvalue weighted by Crippen LogP contribution is 2.29. The van der Waals surface area contributed by atoms with Crippen molar-refractivity contribution in [1.82, 2.24) is 4.72 Å². The Morgan fingerprint density at radius 1 is 1.20 bits per heavy atom. The number of benzene rings is 2. The molecule has 0 heterocycles. The Kier molecular flexibility index (Phi) is 6.80. The quantitative estimate of drug-likeness (QED) is 0.626. The van der Waals surface area contributed by atoms with E-state index in [9.17, 15) is 23.1 Å². The van der Waals surface area contributed by atoms with Gasteiger partial charge in [0.25, 0.3) is 0 Å². The number of sulfonamides is 1. The fourth-order valence-electron chi connectivity index (χ4n) is 3.75. The van der Waals surface area contributed by atoms with Crippen molar-refractivity contribution in [1.29, 1.82) is 0 Å². The number of nitrogens with one attached hydrogen (secondary N) is 1. The first-order chi connectivity index (χ1) is 14.2. The number of hydrogen-bond donors (Lipinski definition) is 2. The number of halogens is 1. The number of carbonyl (C=O) groups is 2. The molecule has 2 aromatic carbocycles. The smallest absolute Gasteiger partial charge is 0.335 e. The van der Waals surface area contributed by atoms with E-state index in [0.29, 0.717) is 29.8 Å². The molecular formula is C21H22ClNO6S. The lowest BCUT2D eigenvalue weighted by Crippen LogP contribution is -2.39. The zero-order valence-corrected chi connectivity index (χ0v) is 17.9. The largest absolute Gasteiger partial charge is 0.478 e. The molecule has 1 aliphatic rings.